The number of benzene rings is 2. The van der Waals surface area contributed by atoms with Gasteiger partial charge in [-0.1, -0.05) is 6.07 Å². The minimum absolute atomic E-state index is 0.00998. The van der Waals surface area contributed by atoms with E-state index in [0.717, 1.165) is 19.3 Å². The molecule has 3 rings (SSSR count). The molecule has 0 heterocycles. The topological polar surface area (TPSA) is 107 Å². The van der Waals surface area contributed by atoms with Gasteiger partial charge in [-0.25, -0.2) is 0 Å². The smallest absolute Gasteiger partial charge is 0.248 e. The fourth-order valence-electron chi connectivity index (χ4n) is 2.95. The van der Waals surface area contributed by atoms with Crippen molar-refractivity contribution in [1.29, 1.82) is 0 Å². The second kappa shape index (κ2) is 7.36. The summed E-state index contributed by atoms with van der Waals surface area (Å²) >= 11 is 0. The van der Waals surface area contributed by atoms with E-state index in [1.54, 1.807) is 48.5 Å². The summed E-state index contributed by atoms with van der Waals surface area (Å²) in [5.74, 6) is 0.615. The van der Waals surface area contributed by atoms with Gasteiger partial charge in [0.25, 0.3) is 0 Å². The van der Waals surface area contributed by atoms with Crippen LogP contribution in [0.15, 0.2) is 48.5 Å². The molecule has 130 valence electrons. The molecule has 1 fully saturated rings. The maximum atomic E-state index is 12.2. The van der Waals surface area contributed by atoms with Gasteiger partial charge < -0.3 is 21.5 Å². The molecule has 1 aliphatic carbocycles. The lowest BCUT2D eigenvalue weighted by molar-refractivity contribution is -0.119. The number of carbonyl (C=O) groups excluding carboxylic acids is 2. The van der Waals surface area contributed by atoms with E-state index in [2.05, 4.69) is 5.32 Å². The number of hydrogen-bond acceptors (Lipinski definition) is 4. The van der Waals surface area contributed by atoms with Gasteiger partial charge in [-0.15, -0.1) is 0 Å². The SMILES string of the molecule is NC(=O)c1cccc(Oc2ccc(NC(=O)C3CCC(N)C3)cc2)c1. The summed E-state index contributed by atoms with van der Waals surface area (Å²) in [4.78, 5) is 23.4. The molecular formula is C19H21N3O3. The zero-order chi connectivity index (χ0) is 17.8. The molecule has 0 aliphatic heterocycles. The number of anilines is 1. The van der Waals surface area contributed by atoms with Gasteiger partial charge in [-0.05, 0) is 61.7 Å². The van der Waals surface area contributed by atoms with E-state index < -0.39 is 5.91 Å². The molecule has 6 nitrogen and oxygen atoms in total. The van der Waals surface area contributed by atoms with Crippen LogP contribution in [-0.2, 0) is 4.79 Å². The fourth-order valence-corrected chi connectivity index (χ4v) is 2.95. The monoisotopic (exact) mass is 339 g/mol. The Balaban J connectivity index is 1.61. The molecule has 2 atom stereocenters. The quantitative estimate of drug-likeness (QED) is 0.778. The number of amides is 2. The number of nitrogens with one attached hydrogen (secondary N) is 1. The van der Waals surface area contributed by atoms with Crippen LogP contribution in [0.5, 0.6) is 11.5 Å². The minimum Gasteiger partial charge on any atom is -0.457 e. The fraction of sp³-hybridized carbons (Fsp3) is 0.263. The van der Waals surface area contributed by atoms with Crippen LogP contribution < -0.4 is 21.5 Å². The lowest BCUT2D eigenvalue weighted by Crippen LogP contribution is -2.23. The highest BCUT2D eigenvalue weighted by molar-refractivity contribution is 5.93. The largest absolute Gasteiger partial charge is 0.457 e. The molecule has 1 aliphatic rings. The Morgan fingerprint density at radius 1 is 1.04 bits per heavy atom. The summed E-state index contributed by atoms with van der Waals surface area (Å²) in [6, 6.07) is 13.9. The first-order valence-electron chi connectivity index (χ1n) is 8.25. The van der Waals surface area contributed by atoms with E-state index in [4.69, 9.17) is 16.2 Å². The van der Waals surface area contributed by atoms with Gasteiger partial charge >= 0.3 is 0 Å². The van der Waals surface area contributed by atoms with Gasteiger partial charge in [0.2, 0.25) is 11.8 Å². The lowest BCUT2D eigenvalue weighted by Gasteiger charge is -2.12. The number of nitrogens with two attached hydrogens (primary N) is 2. The molecule has 0 saturated heterocycles. The Kier molecular flexibility index (Phi) is 5.00. The summed E-state index contributed by atoms with van der Waals surface area (Å²) < 4.78 is 5.71. The molecule has 25 heavy (non-hydrogen) atoms. The minimum atomic E-state index is -0.504. The number of carbonyl (C=O) groups is 2. The van der Waals surface area contributed by atoms with Crippen LogP contribution in [0.3, 0.4) is 0 Å². The third-order valence-corrected chi connectivity index (χ3v) is 4.32. The van der Waals surface area contributed by atoms with E-state index >= 15 is 0 Å². The number of ether oxygens (including phenoxy) is 1. The van der Waals surface area contributed by atoms with Crippen molar-refractivity contribution in [3.8, 4) is 11.5 Å². The Morgan fingerprint density at radius 2 is 1.80 bits per heavy atom. The van der Waals surface area contributed by atoms with Crippen LogP contribution in [0, 0.1) is 5.92 Å². The molecule has 2 aromatic rings. The summed E-state index contributed by atoms with van der Waals surface area (Å²) in [6.07, 6.45) is 2.48. The number of rotatable bonds is 5. The Hall–Kier alpha value is -2.86. The van der Waals surface area contributed by atoms with E-state index in [1.807, 2.05) is 0 Å². The first-order valence-corrected chi connectivity index (χ1v) is 8.25. The Labute approximate surface area is 146 Å². The normalized spacial score (nSPS) is 19.4. The first-order chi connectivity index (χ1) is 12.0. The molecule has 0 spiro atoms. The molecule has 0 aromatic heterocycles. The lowest BCUT2D eigenvalue weighted by atomic mass is 10.1. The van der Waals surface area contributed by atoms with Crippen molar-refractivity contribution in [1.82, 2.24) is 0 Å². The van der Waals surface area contributed by atoms with E-state index in [0.29, 0.717) is 22.7 Å². The predicted molar refractivity (Wildman–Crippen MR) is 95.4 cm³/mol. The van der Waals surface area contributed by atoms with Crippen molar-refractivity contribution in [3.05, 3.63) is 54.1 Å². The van der Waals surface area contributed by atoms with Crippen molar-refractivity contribution >= 4 is 17.5 Å². The summed E-state index contributed by atoms with van der Waals surface area (Å²) in [7, 11) is 0. The van der Waals surface area contributed by atoms with Crippen molar-refractivity contribution in [2.45, 2.75) is 25.3 Å². The molecule has 1 saturated carbocycles. The maximum Gasteiger partial charge on any atom is 0.248 e. The average Bonchev–Trinajstić information content (AvgIpc) is 3.03. The van der Waals surface area contributed by atoms with Gasteiger partial charge in [-0.2, -0.15) is 0 Å². The molecule has 2 amide bonds. The van der Waals surface area contributed by atoms with Gasteiger partial charge in [0, 0.05) is 23.2 Å². The van der Waals surface area contributed by atoms with Crippen LogP contribution in [0.1, 0.15) is 29.6 Å². The number of primary amides is 1. The van der Waals surface area contributed by atoms with Gasteiger partial charge in [0.1, 0.15) is 11.5 Å². The molecule has 5 N–H and O–H groups in total. The molecule has 2 aromatic carbocycles. The molecule has 2 unspecified atom stereocenters. The highest BCUT2D eigenvalue weighted by atomic mass is 16.5. The van der Waals surface area contributed by atoms with Crippen molar-refractivity contribution in [2.24, 2.45) is 17.4 Å². The molecule has 6 heteroatoms. The maximum absolute atomic E-state index is 12.2. The van der Waals surface area contributed by atoms with Crippen LogP contribution in [0.4, 0.5) is 5.69 Å². The van der Waals surface area contributed by atoms with E-state index in [-0.39, 0.29) is 17.9 Å². The Bertz CT molecular complexity index is 774. The van der Waals surface area contributed by atoms with E-state index in [9.17, 15) is 9.59 Å². The highest BCUT2D eigenvalue weighted by Crippen LogP contribution is 2.27. The summed E-state index contributed by atoms with van der Waals surface area (Å²) in [5.41, 5.74) is 12.2. The van der Waals surface area contributed by atoms with E-state index in [1.165, 1.54) is 0 Å². The van der Waals surface area contributed by atoms with Crippen molar-refractivity contribution in [3.63, 3.8) is 0 Å². The molecule has 0 bridgehead atoms. The van der Waals surface area contributed by atoms with Crippen LogP contribution >= 0.6 is 0 Å². The highest BCUT2D eigenvalue weighted by Gasteiger charge is 2.27. The summed E-state index contributed by atoms with van der Waals surface area (Å²) in [6.45, 7) is 0. The van der Waals surface area contributed by atoms with Crippen molar-refractivity contribution in [2.75, 3.05) is 5.32 Å². The summed E-state index contributed by atoms with van der Waals surface area (Å²) in [5, 5.41) is 2.91. The van der Waals surface area contributed by atoms with Crippen LogP contribution in [0.25, 0.3) is 0 Å². The van der Waals surface area contributed by atoms with Crippen LogP contribution in [0.2, 0.25) is 0 Å². The molecule has 0 radical (unpaired) electrons. The second-order valence-corrected chi connectivity index (χ2v) is 6.28. The zero-order valence-corrected chi connectivity index (χ0v) is 13.8. The van der Waals surface area contributed by atoms with Gasteiger partial charge in [0.15, 0.2) is 0 Å². The number of hydrogen-bond donors (Lipinski definition) is 3. The average molecular weight is 339 g/mol. The third kappa shape index (κ3) is 4.36. The third-order valence-electron chi connectivity index (χ3n) is 4.32. The first kappa shape index (κ1) is 17.0. The van der Waals surface area contributed by atoms with Crippen molar-refractivity contribution < 1.29 is 14.3 Å². The van der Waals surface area contributed by atoms with Crippen LogP contribution in [-0.4, -0.2) is 17.9 Å². The molecular weight excluding hydrogens is 318 g/mol. The predicted octanol–water partition coefficient (Wildman–Crippen LogP) is 2.64. The standard InChI is InChI=1S/C19H21N3O3/c20-14-5-4-13(10-14)19(24)22-15-6-8-16(9-7-15)25-17-3-1-2-12(11-17)18(21)23/h1-3,6-9,11,13-14H,4-5,10,20H2,(H2,21,23)(H,22,24). The zero-order valence-electron chi connectivity index (χ0n) is 13.8. The Morgan fingerprint density at radius 3 is 2.44 bits per heavy atom. The second-order valence-electron chi connectivity index (χ2n) is 6.28. The van der Waals surface area contributed by atoms with Gasteiger partial charge in [0.05, 0.1) is 0 Å². The van der Waals surface area contributed by atoms with Gasteiger partial charge in [-0.3, -0.25) is 9.59 Å².